The largest absolute Gasteiger partial charge is 0.508 e. The van der Waals surface area contributed by atoms with Gasteiger partial charge in [-0.15, -0.1) is 0 Å². The fourth-order valence-electron chi connectivity index (χ4n) is 4.76. The van der Waals surface area contributed by atoms with Gasteiger partial charge in [0.15, 0.2) is 17.0 Å². The van der Waals surface area contributed by atoms with Crippen molar-refractivity contribution in [2.24, 2.45) is 0 Å². The average molecular weight is 576 g/mol. The zero-order valence-electron chi connectivity index (χ0n) is 22.5. The number of phenolic OH excluding ortho intramolecular Hbond substituents is 1. The first-order chi connectivity index (χ1) is 19.7. The van der Waals surface area contributed by atoms with Crippen molar-refractivity contribution in [2.45, 2.75) is 25.6 Å². The number of anilines is 2. The van der Waals surface area contributed by atoms with Crippen LogP contribution in [0.1, 0.15) is 13.8 Å². The van der Waals surface area contributed by atoms with E-state index in [2.05, 4.69) is 24.6 Å². The van der Waals surface area contributed by atoms with E-state index >= 15 is 0 Å². The summed E-state index contributed by atoms with van der Waals surface area (Å²) in [5, 5.41) is 14.4. The Labute approximate surface area is 236 Å². The summed E-state index contributed by atoms with van der Waals surface area (Å²) in [7, 11) is -3.78. The van der Waals surface area contributed by atoms with Crippen molar-refractivity contribution in [3.05, 3.63) is 61.1 Å². The van der Waals surface area contributed by atoms with Crippen molar-refractivity contribution >= 4 is 49.6 Å². The van der Waals surface area contributed by atoms with E-state index in [1.165, 1.54) is 24.7 Å². The van der Waals surface area contributed by atoms with Gasteiger partial charge in [0.25, 0.3) is 5.91 Å². The quantitative estimate of drug-likeness (QED) is 0.295. The highest BCUT2D eigenvalue weighted by molar-refractivity contribution is 7.90. The molecule has 14 heteroatoms. The number of aromatic nitrogens is 6. The van der Waals surface area contributed by atoms with Gasteiger partial charge >= 0.3 is 0 Å². The molecule has 2 N–H and O–H groups in total. The number of hydrogen-bond acceptors (Lipinski definition) is 10. The van der Waals surface area contributed by atoms with Crippen LogP contribution in [0.2, 0.25) is 0 Å². The molecule has 1 saturated heterocycles. The summed E-state index contributed by atoms with van der Waals surface area (Å²) in [6.07, 6.45) is 3.21. The maximum Gasteiger partial charge on any atom is 0.253 e. The Bertz CT molecular complexity index is 1840. The van der Waals surface area contributed by atoms with E-state index < -0.39 is 21.2 Å². The Morgan fingerprint density at radius 1 is 1.00 bits per heavy atom. The molecule has 0 bridgehead atoms. The number of para-hydroxylation sites is 1. The van der Waals surface area contributed by atoms with Crippen LogP contribution in [0.3, 0.4) is 0 Å². The summed E-state index contributed by atoms with van der Waals surface area (Å²) in [5.74, 6) is 0.446. The normalized spacial score (nSPS) is 14.3. The smallest absolute Gasteiger partial charge is 0.253 e. The second-order valence-electron chi connectivity index (χ2n) is 10.1. The molecule has 0 saturated carbocycles. The molecule has 1 fully saturated rings. The molecule has 212 valence electrons. The summed E-state index contributed by atoms with van der Waals surface area (Å²) in [6, 6.07) is 14.9. The third kappa shape index (κ3) is 5.13. The van der Waals surface area contributed by atoms with Gasteiger partial charge < -0.3 is 19.5 Å². The molecule has 1 amide bonds. The molecule has 0 atom stereocenters. The standard InChI is InChI=1S/C27H29N9O4S/c1-18(2)41(39,40)32-23(38)16-35-17-28-24-25(35)30-27(31-26(24)36-22-6-4-3-5-19(22)15-29-36)34-13-11-33(12-14-34)20-7-9-21(37)10-8-20/h3-10,15,17-18,37H,11-14,16H2,1-2H3,(H,32,38). The highest BCUT2D eigenvalue weighted by atomic mass is 32.2. The van der Waals surface area contributed by atoms with Crippen molar-refractivity contribution in [2.75, 3.05) is 36.0 Å². The molecule has 0 spiro atoms. The third-order valence-corrected chi connectivity index (χ3v) is 8.83. The van der Waals surface area contributed by atoms with E-state index in [-0.39, 0.29) is 12.3 Å². The number of phenols is 1. The zero-order chi connectivity index (χ0) is 28.7. The minimum Gasteiger partial charge on any atom is -0.508 e. The summed E-state index contributed by atoms with van der Waals surface area (Å²) in [5.41, 5.74) is 2.68. The molecule has 4 heterocycles. The van der Waals surface area contributed by atoms with Crippen LogP contribution in [0.4, 0.5) is 11.6 Å². The molecular weight excluding hydrogens is 546 g/mol. The third-order valence-electron chi connectivity index (χ3n) is 7.08. The van der Waals surface area contributed by atoms with Crippen molar-refractivity contribution in [1.82, 2.24) is 34.0 Å². The minimum absolute atomic E-state index is 0.222. The maximum atomic E-state index is 12.7. The van der Waals surface area contributed by atoms with Crippen molar-refractivity contribution in [3.8, 4) is 11.6 Å². The van der Waals surface area contributed by atoms with Gasteiger partial charge in [0.1, 0.15) is 12.3 Å². The topological polar surface area (TPSA) is 151 Å². The van der Waals surface area contributed by atoms with E-state index in [1.807, 2.05) is 36.4 Å². The predicted molar refractivity (Wildman–Crippen MR) is 155 cm³/mol. The Morgan fingerprint density at radius 2 is 1.71 bits per heavy atom. The van der Waals surface area contributed by atoms with E-state index in [0.29, 0.717) is 49.1 Å². The molecule has 6 rings (SSSR count). The highest BCUT2D eigenvalue weighted by Gasteiger charge is 2.25. The number of benzene rings is 2. The molecule has 2 aromatic carbocycles. The number of carbonyl (C=O) groups is 1. The number of hydrogen-bond donors (Lipinski definition) is 2. The monoisotopic (exact) mass is 575 g/mol. The van der Waals surface area contributed by atoms with Crippen LogP contribution in [0.5, 0.6) is 5.75 Å². The van der Waals surface area contributed by atoms with E-state index in [9.17, 15) is 18.3 Å². The number of piperazine rings is 1. The first-order valence-electron chi connectivity index (χ1n) is 13.2. The van der Waals surface area contributed by atoms with Gasteiger partial charge in [-0.25, -0.2) is 18.1 Å². The molecule has 5 aromatic rings. The van der Waals surface area contributed by atoms with Gasteiger partial charge in [-0.1, -0.05) is 18.2 Å². The second-order valence-corrected chi connectivity index (χ2v) is 12.4. The van der Waals surface area contributed by atoms with Gasteiger partial charge in [-0.2, -0.15) is 15.1 Å². The number of carbonyl (C=O) groups excluding carboxylic acids is 1. The van der Waals surface area contributed by atoms with Gasteiger partial charge in [0.2, 0.25) is 16.0 Å². The van der Waals surface area contributed by atoms with E-state index in [4.69, 9.17) is 9.97 Å². The molecule has 0 aliphatic carbocycles. The summed E-state index contributed by atoms with van der Waals surface area (Å²) >= 11 is 0. The van der Waals surface area contributed by atoms with E-state index in [1.54, 1.807) is 23.0 Å². The number of nitrogens with zero attached hydrogens (tertiary/aromatic N) is 8. The number of sulfonamides is 1. The van der Waals surface area contributed by atoms with Crippen LogP contribution in [0.15, 0.2) is 61.1 Å². The Morgan fingerprint density at radius 3 is 2.44 bits per heavy atom. The average Bonchev–Trinajstić information content (AvgIpc) is 3.57. The summed E-state index contributed by atoms with van der Waals surface area (Å²) < 4.78 is 29.9. The van der Waals surface area contributed by atoms with Crippen LogP contribution < -0.4 is 14.5 Å². The molecule has 3 aromatic heterocycles. The number of rotatable bonds is 7. The second kappa shape index (κ2) is 10.4. The van der Waals surface area contributed by atoms with Crippen molar-refractivity contribution in [3.63, 3.8) is 0 Å². The van der Waals surface area contributed by atoms with Gasteiger partial charge in [-0.05, 0) is 44.2 Å². The van der Waals surface area contributed by atoms with Crippen LogP contribution in [0, 0.1) is 0 Å². The minimum atomic E-state index is -3.78. The van der Waals surface area contributed by atoms with E-state index in [0.717, 1.165) is 16.6 Å². The van der Waals surface area contributed by atoms with Crippen molar-refractivity contribution < 1.29 is 18.3 Å². The maximum absolute atomic E-state index is 12.7. The van der Waals surface area contributed by atoms with Gasteiger partial charge in [-0.3, -0.25) is 9.52 Å². The van der Waals surface area contributed by atoms with Crippen LogP contribution in [-0.4, -0.2) is 80.2 Å². The lowest BCUT2D eigenvalue weighted by Crippen LogP contribution is -2.47. The lowest BCUT2D eigenvalue weighted by atomic mass is 10.2. The number of fused-ring (bicyclic) bond motifs is 2. The Kier molecular flexibility index (Phi) is 6.69. The first kappa shape index (κ1) is 26.5. The number of aromatic hydroxyl groups is 1. The molecule has 0 unspecified atom stereocenters. The molecule has 1 aliphatic rings. The van der Waals surface area contributed by atoms with Crippen LogP contribution in [-0.2, 0) is 21.4 Å². The van der Waals surface area contributed by atoms with Crippen LogP contribution >= 0.6 is 0 Å². The summed E-state index contributed by atoms with van der Waals surface area (Å²) in [4.78, 5) is 31.2. The molecule has 13 nitrogen and oxygen atoms in total. The van der Waals surface area contributed by atoms with Gasteiger partial charge in [0, 0.05) is 37.3 Å². The van der Waals surface area contributed by atoms with Crippen LogP contribution in [0.25, 0.3) is 27.9 Å². The number of nitrogens with one attached hydrogen (secondary N) is 1. The predicted octanol–water partition coefficient (Wildman–Crippen LogP) is 2.05. The van der Waals surface area contributed by atoms with Crippen molar-refractivity contribution in [1.29, 1.82) is 0 Å². The number of amides is 1. The van der Waals surface area contributed by atoms with Gasteiger partial charge in [0.05, 0.1) is 23.3 Å². The lowest BCUT2D eigenvalue weighted by molar-refractivity contribution is -0.119. The first-order valence-corrected chi connectivity index (χ1v) is 14.7. The Balaban J connectivity index is 1.37. The highest BCUT2D eigenvalue weighted by Crippen LogP contribution is 2.26. The fraction of sp³-hybridized carbons (Fsp3) is 0.296. The zero-order valence-corrected chi connectivity index (χ0v) is 23.4. The Hall–Kier alpha value is -4.72. The lowest BCUT2D eigenvalue weighted by Gasteiger charge is -2.36. The molecular formula is C27H29N9O4S. The summed E-state index contributed by atoms with van der Waals surface area (Å²) in [6.45, 7) is 5.40. The molecule has 0 radical (unpaired) electrons. The number of imidazole rings is 1. The SMILES string of the molecule is CC(C)S(=O)(=O)NC(=O)Cn1cnc2c(-n3ncc4ccccc43)nc(N3CCN(c4ccc(O)cc4)CC3)nc21. The molecule has 1 aliphatic heterocycles. The fourth-order valence-corrected chi connectivity index (χ4v) is 5.37. The molecule has 41 heavy (non-hydrogen) atoms.